The van der Waals surface area contributed by atoms with Crippen molar-refractivity contribution in [3.63, 3.8) is 0 Å². The number of hydrogen-bond donors (Lipinski definition) is 1. The minimum atomic E-state index is 0.647. The van der Waals surface area contributed by atoms with Crippen LogP contribution in [-0.4, -0.2) is 47.7 Å². The normalized spacial score (nSPS) is 15.8. The van der Waals surface area contributed by atoms with Crippen LogP contribution in [0.1, 0.15) is 39.0 Å². The van der Waals surface area contributed by atoms with Crippen LogP contribution in [0.4, 0.5) is 5.82 Å². The molecule has 0 spiro atoms. The third-order valence-electron chi connectivity index (χ3n) is 3.81. The van der Waals surface area contributed by atoms with Gasteiger partial charge in [0.05, 0.1) is 6.61 Å². The molecular weight excluding hydrogens is 252 g/mol. The van der Waals surface area contributed by atoms with Gasteiger partial charge < -0.3 is 15.0 Å². The van der Waals surface area contributed by atoms with Gasteiger partial charge in [0.15, 0.2) is 0 Å². The first-order valence-electron chi connectivity index (χ1n) is 7.68. The third kappa shape index (κ3) is 4.63. The van der Waals surface area contributed by atoms with E-state index < -0.39 is 0 Å². The van der Waals surface area contributed by atoms with Gasteiger partial charge in [-0.05, 0) is 26.3 Å². The molecule has 112 valence electrons. The summed E-state index contributed by atoms with van der Waals surface area (Å²) in [4.78, 5) is 10.8. The van der Waals surface area contributed by atoms with E-state index in [2.05, 4.69) is 34.2 Å². The Labute approximate surface area is 121 Å². The average Bonchev–Trinajstić information content (AvgIpc) is 3.00. The molecule has 0 radical (unpaired) electrons. The topological polar surface area (TPSA) is 50.3 Å². The highest BCUT2D eigenvalue weighted by Crippen LogP contribution is 2.22. The maximum Gasteiger partial charge on any atom is 0.218 e. The average molecular weight is 278 g/mol. The lowest BCUT2D eigenvalue weighted by Gasteiger charge is -2.24. The van der Waals surface area contributed by atoms with Crippen molar-refractivity contribution in [2.24, 2.45) is 0 Å². The first-order chi connectivity index (χ1) is 9.79. The highest BCUT2D eigenvalue weighted by atomic mass is 16.5. The summed E-state index contributed by atoms with van der Waals surface area (Å²) in [5.74, 6) is 1.49. The van der Waals surface area contributed by atoms with Gasteiger partial charge in [-0.15, -0.1) is 0 Å². The van der Waals surface area contributed by atoms with E-state index in [1.165, 1.54) is 25.7 Å². The SMILES string of the molecule is CCCOc1cc(NCCN(C)C2CCCC2)ncn1. The zero-order valence-electron chi connectivity index (χ0n) is 12.6. The summed E-state index contributed by atoms with van der Waals surface area (Å²) in [6, 6.07) is 2.64. The van der Waals surface area contributed by atoms with E-state index in [-0.39, 0.29) is 0 Å². The van der Waals surface area contributed by atoms with Crippen LogP contribution in [0.2, 0.25) is 0 Å². The molecule has 20 heavy (non-hydrogen) atoms. The fourth-order valence-electron chi connectivity index (χ4n) is 2.61. The molecular formula is C15H26N4O. The minimum absolute atomic E-state index is 0.647. The van der Waals surface area contributed by atoms with Gasteiger partial charge in [0.1, 0.15) is 12.1 Å². The summed E-state index contributed by atoms with van der Waals surface area (Å²) in [6.07, 6.45) is 7.99. The van der Waals surface area contributed by atoms with E-state index in [9.17, 15) is 0 Å². The van der Waals surface area contributed by atoms with E-state index >= 15 is 0 Å². The van der Waals surface area contributed by atoms with Crippen molar-refractivity contribution in [2.45, 2.75) is 45.1 Å². The minimum Gasteiger partial charge on any atom is -0.478 e. The monoisotopic (exact) mass is 278 g/mol. The maximum atomic E-state index is 5.50. The Balaban J connectivity index is 1.72. The van der Waals surface area contributed by atoms with Crippen molar-refractivity contribution in [3.8, 4) is 5.88 Å². The Morgan fingerprint density at radius 1 is 1.35 bits per heavy atom. The number of hydrogen-bond acceptors (Lipinski definition) is 5. The lowest BCUT2D eigenvalue weighted by molar-refractivity contribution is 0.254. The molecule has 1 aliphatic carbocycles. The zero-order chi connectivity index (χ0) is 14.2. The Hall–Kier alpha value is -1.36. The summed E-state index contributed by atoms with van der Waals surface area (Å²) >= 11 is 0. The first-order valence-corrected chi connectivity index (χ1v) is 7.68. The fraction of sp³-hybridized carbons (Fsp3) is 0.733. The molecule has 1 aliphatic rings. The molecule has 1 aromatic rings. The molecule has 1 saturated carbocycles. The van der Waals surface area contributed by atoms with Gasteiger partial charge >= 0.3 is 0 Å². The Bertz CT molecular complexity index is 393. The highest BCUT2D eigenvalue weighted by Gasteiger charge is 2.18. The third-order valence-corrected chi connectivity index (χ3v) is 3.81. The molecule has 0 aliphatic heterocycles. The molecule has 0 amide bonds. The van der Waals surface area contributed by atoms with Crippen LogP contribution in [0.25, 0.3) is 0 Å². The summed E-state index contributed by atoms with van der Waals surface area (Å²) in [5.41, 5.74) is 0. The van der Waals surface area contributed by atoms with Gasteiger partial charge in [-0.2, -0.15) is 0 Å². The number of ether oxygens (including phenoxy) is 1. The first kappa shape index (κ1) is 15.0. The van der Waals surface area contributed by atoms with Crippen LogP contribution < -0.4 is 10.1 Å². The van der Waals surface area contributed by atoms with Gasteiger partial charge in [-0.3, -0.25) is 0 Å². The van der Waals surface area contributed by atoms with Crippen molar-refractivity contribution in [1.29, 1.82) is 0 Å². The smallest absolute Gasteiger partial charge is 0.218 e. The van der Waals surface area contributed by atoms with E-state index in [0.717, 1.165) is 31.4 Å². The predicted molar refractivity (Wildman–Crippen MR) is 81.2 cm³/mol. The van der Waals surface area contributed by atoms with Crippen LogP contribution in [0.3, 0.4) is 0 Å². The van der Waals surface area contributed by atoms with Crippen molar-refractivity contribution in [1.82, 2.24) is 14.9 Å². The van der Waals surface area contributed by atoms with Gasteiger partial charge in [-0.1, -0.05) is 19.8 Å². The summed E-state index contributed by atoms with van der Waals surface area (Å²) in [7, 11) is 2.22. The van der Waals surface area contributed by atoms with Crippen LogP contribution in [0, 0.1) is 0 Å². The fourth-order valence-corrected chi connectivity index (χ4v) is 2.61. The zero-order valence-corrected chi connectivity index (χ0v) is 12.6. The van der Waals surface area contributed by atoms with E-state index in [0.29, 0.717) is 12.5 Å². The maximum absolute atomic E-state index is 5.50. The van der Waals surface area contributed by atoms with Gasteiger partial charge in [-0.25, -0.2) is 9.97 Å². The van der Waals surface area contributed by atoms with Crippen LogP contribution in [0.15, 0.2) is 12.4 Å². The highest BCUT2D eigenvalue weighted by molar-refractivity contribution is 5.36. The quantitative estimate of drug-likeness (QED) is 0.792. The molecule has 0 aromatic carbocycles. The molecule has 5 heteroatoms. The summed E-state index contributed by atoms with van der Waals surface area (Å²) in [5, 5.41) is 3.34. The second kappa shape index (κ2) is 8.04. The number of aromatic nitrogens is 2. The van der Waals surface area contributed by atoms with Crippen molar-refractivity contribution < 1.29 is 4.74 Å². The molecule has 0 atom stereocenters. The van der Waals surface area contributed by atoms with Crippen molar-refractivity contribution in [2.75, 3.05) is 32.1 Å². The summed E-state index contributed by atoms with van der Waals surface area (Å²) in [6.45, 7) is 4.72. The Morgan fingerprint density at radius 2 is 2.15 bits per heavy atom. The van der Waals surface area contributed by atoms with Gasteiger partial charge in [0.2, 0.25) is 5.88 Å². The molecule has 1 fully saturated rings. The lowest BCUT2D eigenvalue weighted by Crippen LogP contribution is -2.33. The van der Waals surface area contributed by atoms with Gasteiger partial charge in [0, 0.05) is 25.2 Å². The Kier molecular flexibility index (Phi) is 6.05. The largest absolute Gasteiger partial charge is 0.478 e. The molecule has 1 aromatic heterocycles. The molecule has 1 heterocycles. The second-order valence-electron chi connectivity index (χ2n) is 5.44. The lowest BCUT2D eigenvalue weighted by atomic mass is 10.2. The van der Waals surface area contributed by atoms with Crippen molar-refractivity contribution in [3.05, 3.63) is 12.4 Å². The van der Waals surface area contributed by atoms with Crippen molar-refractivity contribution >= 4 is 5.82 Å². The Morgan fingerprint density at radius 3 is 2.90 bits per heavy atom. The van der Waals surface area contributed by atoms with E-state index in [1.807, 2.05) is 6.07 Å². The van der Waals surface area contributed by atoms with E-state index in [1.54, 1.807) is 6.33 Å². The molecule has 2 rings (SSSR count). The molecule has 0 bridgehead atoms. The number of nitrogens with zero attached hydrogens (tertiary/aromatic N) is 3. The number of rotatable bonds is 8. The molecule has 0 unspecified atom stereocenters. The number of nitrogens with one attached hydrogen (secondary N) is 1. The molecule has 0 saturated heterocycles. The summed E-state index contributed by atoms with van der Waals surface area (Å²) < 4.78 is 5.50. The second-order valence-corrected chi connectivity index (χ2v) is 5.44. The van der Waals surface area contributed by atoms with Crippen LogP contribution >= 0.6 is 0 Å². The van der Waals surface area contributed by atoms with Gasteiger partial charge in [0.25, 0.3) is 0 Å². The molecule has 5 nitrogen and oxygen atoms in total. The van der Waals surface area contributed by atoms with Crippen LogP contribution in [-0.2, 0) is 0 Å². The van der Waals surface area contributed by atoms with E-state index in [4.69, 9.17) is 4.74 Å². The number of anilines is 1. The predicted octanol–water partition coefficient (Wildman–Crippen LogP) is 2.55. The molecule has 1 N–H and O–H groups in total. The number of likely N-dealkylation sites (N-methyl/N-ethyl adjacent to an activating group) is 1. The standard InChI is InChI=1S/C15H26N4O/c1-3-10-20-15-11-14(17-12-18-15)16-8-9-19(2)13-6-4-5-7-13/h11-13H,3-10H2,1-2H3,(H,16,17,18). The van der Waals surface area contributed by atoms with Crippen LogP contribution in [0.5, 0.6) is 5.88 Å².